The van der Waals surface area contributed by atoms with E-state index in [9.17, 15) is 56.3 Å². The predicted octanol–water partition coefficient (Wildman–Crippen LogP) is 3.79. The molecule has 9 amide bonds. The number of anilines is 7. The first kappa shape index (κ1) is 61.8. The molecule has 28 nitrogen and oxygen atoms in total. The van der Waals surface area contributed by atoms with E-state index in [1.54, 1.807) is 83.6 Å². The van der Waals surface area contributed by atoms with Crippen molar-refractivity contribution in [1.29, 1.82) is 0 Å². The Kier molecular flexibility index (Phi) is 21.7. The van der Waals surface area contributed by atoms with Crippen LogP contribution in [0.15, 0.2) is 49.3 Å². The summed E-state index contributed by atoms with van der Waals surface area (Å²) in [7, 11) is 8.06. The molecule has 0 aromatic carbocycles. The molecule has 0 atom stereocenters. The van der Waals surface area contributed by atoms with E-state index in [4.69, 9.17) is 4.74 Å². The molecule has 9 N–H and O–H groups in total. The van der Waals surface area contributed by atoms with Gasteiger partial charge in [-0.05, 0) is 33.6 Å². The molecule has 0 spiro atoms. The summed E-state index contributed by atoms with van der Waals surface area (Å²) in [5.41, 5.74) is -0.00201. The van der Waals surface area contributed by atoms with E-state index in [1.165, 1.54) is 49.5 Å². The van der Waals surface area contributed by atoms with Crippen molar-refractivity contribution in [2.45, 2.75) is 83.9 Å². The summed E-state index contributed by atoms with van der Waals surface area (Å²) in [6, 6.07) is 3.04. The molecule has 0 saturated heterocycles. The standard InChI is InChI=1S/C49H67F3N18O10/c1-48(2,3)80-47(79)55-18-10-21-70(29-49(50,51)52)20-9-17-53-36(71)11-12-41(76)64-46-61-33(28-69(46)8)59-38(73)14-16-40(75)63-35-24-31(26-67(35)6)57-45(78)43-60-32(27-68(43)7)58-37(72)13-15-39(74)62-34-23-30(25-66(34)5)56-44(77)42-54-19-22-65(42)4/h19,22-28H,9-18,20-21,29H2,1-8H3,(H,53,71)(H,55,79)(H,56,77)(H,57,78)(H,58,72)(H,59,73)(H,62,74)(H,63,75)(H,61,64,76). The number of carbonyl (C=O) groups is 9. The van der Waals surface area contributed by atoms with Crippen molar-refractivity contribution in [3.63, 3.8) is 0 Å². The van der Waals surface area contributed by atoms with Crippen molar-refractivity contribution in [2.24, 2.45) is 35.2 Å². The van der Waals surface area contributed by atoms with E-state index in [0.717, 1.165) is 0 Å². The molecule has 0 aliphatic carbocycles. The average Bonchev–Trinajstić information content (AvgIpc) is 4.18. The number of aromatic nitrogens is 8. The van der Waals surface area contributed by atoms with E-state index in [0.29, 0.717) is 11.5 Å². The molecule has 0 unspecified atom stereocenters. The number of hydrogen-bond acceptors (Lipinski definition) is 14. The van der Waals surface area contributed by atoms with Crippen LogP contribution in [-0.4, -0.2) is 141 Å². The van der Waals surface area contributed by atoms with Gasteiger partial charge in [0.1, 0.15) is 17.2 Å². The lowest BCUT2D eigenvalue weighted by Gasteiger charge is -2.24. The van der Waals surface area contributed by atoms with E-state index in [-0.39, 0.29) is 118 Å². The van der Waals surface area contributed by atoms with E-state index < -0.39 is 71.7 Å². The molecule has 0 aliphatic heterocycles. The van der Waals surface area contributed by atoms with Crippen LogP contribution < -0.4 is 47.9 Å². The van der Waals surface area contributed by atoms with Crippen LogP contribution in [0.3, 0.4) is 0 Å². The number of ether oxygens (including phenoxy) is 1. The molecule has 0 fully saturated rings. The summed E-state index contributed by atoms with van der Waals surface area (Å²) in [4.78, 5) is 127. The fourth-order valence-electron chi connectivity index (χ4n) is 7.49. The topological polar surface area (TPSA) is 338 Å². The zero-order chi connectivity index (χ0) is 58.9. The van der Waals surface area contributed by atoms with Gasteiger partial charge in [0.2, 0.25) is 47.2 Å². The number of hydrogen-bond donors (Lipinski definition) is 9. The minimum atomic E-state index is -4.45. The fraction of sp³-hybridized carbons (Fsp3) is 0.469. The van der Waals surface area contributed by atoms with Crippen LogP contribution in [0, 0.1) is 0 Å². The highest BCUT2D eigenvalue weighted by Crippen LogP contribution is 2.22. The quantitative estimate of drug-likeness (QED) is 0.0338. The monoisotopic (exact) mass is 1120 g/mol. The molecule has 434 valence electrons. The van der Waals surface area contributed by atoms with Crippen molar-refractivity contribution in [3.05, 3.63) is 61.0 Å². The van der Waals surface area contributed by atoms with Crippen LogP contribution in [0.2, 0.25) is 0 Å². The Labute approximate surface area is 457 Å². The molecule has 0 aliphatic rings. The largest absolute Gasteiger partial charge is 0.444 e. The molecule has 0 saturated carbocycles. The van der Waals surface area contributed by atoms with Crippen LogP contribution in [0.4, 0.5) is 58.6 Å². The molecule has 5 rings (SSSR count). The minimum Gasteiger partial charge on any atom is -0.444 e. The van der Waals surface area contributed by atoms with E-state index in [2.05, 4.69) is 62.8 Å². The van der Waals surface area contributed by atoms with Gasteiger partial charge >= 0.3 is 12.3 Å². The lowest BCUT2D eigenvalue weighted by molar-refractivity contribution is -0.146. The van der Waals surface area contributed by atoms with Crippen LogP contribution in [0.5, 0.6) is 0 Å². The molecule has 5 aromatic rings. The zero-order valence-electron chi connectivity index (χ0n) is 45.6. The number of halogens is 3. The fourth-order valence-corrected chi connectivity index (χ4v) is 7.49. The molecule has 5 aromatic heterocycles. The SMILES string of the molecule is Cn1cc(NC(=O)c2nc(NC(=O)CCC(=O)Nc3cc(NC(=O)c4nccn4C)cn3C)cn2C)cc1NC(=O)CCC(=O)Nc1cn(C)c(NC(=O)CCC(=O)NCCCN(CCCNC(=O)OC(C)(C)C)CC(F)(F)F)n1. The number of rotatable bonds is 27. The molecule has 5 heterocycles. The molecule has 80 heavy (non-hydrogen) atoms. The number of amides is 9. The van der Waals surface area contributed by atoms with Gasteiger partial charge in [0.25, 0.3) is 11.8 Å². The van der Waals surface area contributed by atoms with E-state index in [1.807, 2.05) is 0 Å². The second-order valence-electron chi connectivity index (χ2n) is 19.5. The van der Waals surface area contributed by atoms with Gasteiger partial charge in [-0.2, -0.15) is 18.2 Å². The third-order valence-corrected chi connectivity index (χ3v) is 11.3. The predicted molar refractivity (Wildman–Crippen MR) is 286 cm³/mol. The lowest BCUT2D eigenvalue weighted by atomic mass is 10.2. The first-order valence-electron chi connectivity index (χ1n) is 25.1. The van der Waals surface area contributed by atoms with Gasteiger partial charge in [0, 0.05) is 149 Å². The highest BCUT2D eigenvalue weighted by Gasteiger charge is 2.30. The number of nitrogens with zero attached hydrogens (tertiary/aromatic N) is 9. The number of nitrogens with one attached hydrogen (secondary N) is 9. The Morgan fingerprint density at radius 2 is 1.00 bits per heavy atom. The average molecular weight is 1130 g/mol. The Morgan fingerprint density at radius 1 is 0.537 bits per heavy atom. The van der Waals surface area contributed by atoms with Gasteiger partial charge in [-0.25, -0.2) is 14.8 Å². The maximum Gasteiger partial charge on any atom is 0.407 e. The van der Waals surface area contributed by atoms with Gasteiger partial charge < -0.3 is 70.1 Å². The smallest absolute Gasteiger partial charge is 0.407 e. The third-order valence-electron chi connectivity index (χ3n) is 11.3. The van der Waals surface area contributed by atoms with E-state index >= 15 is 0 Å². The highest BCUT2D eigenvalue weighted by molar-refractivity contribution is 6.04. The first-order chi connectivity index (χ1) is 37.6. The van der Waals surface area contributed by atoms with Crippen LogP contribution in [-0.2, 0) is 68.7 Å². The van der Waals surface area contributed by atoms with Crippen molar-refractivity contribution >= 4 is 93.9 Å². The summed E-state index contributed by atoms with van der Waals surface area (Å²) in [6.07, 6.45) is 3.07. The normalized spacial score (nSPS) is 11.4. The number of carbonyl (C=O) groups excluding carboxylic acids is 9. The Balaban J connectivity index is 0.967. The van der Waals surface area contributed by atoms with Crippen LogP contribution in [0.25, 0.3) is 0 Å². The molecular formula is C49H67F3N18O10. The summed E-state index contributed by atoms with van der Waals surface area (Å²) in [5, 5.41) is 23.5. The maximum atomic E-state index is 13.2. The van der Waals surface area contributed by atoms with Gasteiger partial charge in [-0.3, -0.25) is 48.6 Å². The van der Waals surface area contributed by atoms with Gasteiger partial charge in [0.15, 0.2) is 17.5 Å². The minimum absolute atomic E-state index is 0.0210. The molecular weight excluding hydrogens is 1060 g/mol. The highest BCUT2D eigenvalue weighted by atomic mass is 19.4. The van der Waals surface area contributed by atoms with Gasteiger partial charge in [-0.1, -0.05) is 0 Å². The number of aryl methyl sites for hydroxylation is 5. The Bertz CT molecular complexity index is 3040. The van der Waals surface area contributed by atoms with Crippen LogP contribution >= 0.6 is 0 Å². The number of alkyl carbamates (subject to hydrolysis) is 1. The molecule has 31 heteroatoms. The summed E-state index contributed by atoms with van der Waals surface area (Å²) >= 11 is 0. The Hall–Kier alpha value is -9.03. The first-order valence-corrected chi connectivity index (χ1v) is 25.1. The van der Waals surface area contributed by atoms with Crippen molar-refractivity contribution in [1.82, 2.24) is 53.3 Å². The third kappa shape index (κ3) is 20.7. The number of imidazole rings is 3. The lowest BCUT2D eigenvalue weighted by Crippen LogP contribution is -2.39. The maximum absolute atomic E-state index is 13.2. The van der Waals surface area contributed by atoms with Crippen molar-refractivity contribution in [2.75, 3.05) is 69.9 Å². The number of alkyl halides is 3. The summed E-state index contributed by atoms with van der Waals surface area (Å²) in [5.74, 6) is -3.24. The summed E-state index contributed by atoms with van der Waals surface area (Å²) < 4.78 is 52.1. The van der Waals surface area contributed by atoms with Crippen molar-refractivity contribution < 1.29 is 61.1 Å². The van der Waals surface area contributed by atoms with Gasteiger partial charge in [0.05, 0.1) is 17.9 Å². The van der Waals surface area contributed by atoms with Crippen molar-refractivity contribution in [3.8, 4) is 0 Å². The molecule has 0 radical (unpaired) electrons. The second-order valence-corrected chi connectivity index (χ2v) is 19.5. The molecule has 0 bridgehead atoms. The zero-order valence-corrected chi connectivity index (χ0v) is 45.6. The van der Waals surface area contributed by atoms with Gasteiger partial charge in [-0.15, -0.1) is 0 Å². The Morgan fingerprint density at radius 3 is 1.50 bits per heavy atom. The summed E-state index contributed by atoms with van der Waals surface area (Å²) in [6.45, 7) is 4.15. The second kappa shape index (κ2) is 28.0. The van der Waals surface area contributed by atoms with Crippen LogP contribution in [0.1, 0.15) is 93.4 Å².